The predicted octanol–water partition coefficient (Wildman–Crippen LogP) is 1.28. The van der Waals surface area contributed by atoms with Crippen LogP contribution in [0.15, 0.2) is 24.3 Å². The van der Waals surface area contributed by atoms with Crippen molar-refractivity contribution < 1.29 is 14.3 Å². The van der Waals surface area contributed by atoms with Gasteiger partial charge in [-0.3, -0.25) is 9.59 Å². The predicted molar refractivity (Wildman–Crippen MR) is 83.3 cm³/mol. The molecule has 1 aromatic rings. The van der Waals surface area contributed by atoms with Crippen LogP contribution in [0.4, 0.5) is 0 Å². The monoisotopic (exact) mass is 308 g/mol. The molecule has 1 heterocycles. The van der Waals surface area contributed by atoms with Crippen LogP contribution in [-0.2, 0) is 16.0 Å². The van der Waals surface area contributed by atoms with E-state index in [1.165, 1.54) is 6.92 Å². The van der Waals surface area contributed by atoms with Gasteiger partial charge in [0, 0.05) is 19.2 Å². The first-order chi connectivity index (χ1) is 10.1. The van der Waals surface area contributed by atoms with Gasteiger partial charge in [-0.15, -0.1) is 11.8 Å². The lowest BCUT2D eigenvalue weighted by Gasteiger charge is -2.21. The minimum atomic E-state index is -0.330. The van der Waals surface area contributed by atoms with E-state index in [0.717, 1.165) is 17.7 Å². The largest absolute Gasteiger partial charge is 0.497 e. The van der Waals surface area contributed by atoms with Gasteiger partial charge < -0.3 is 15.0 Å². The molecule has 0 aromatic heterocycles. The zero-order chi connectivity index (χ0) is 15.2. The molecule has 2 rings (SSSR count). The number of hydrogen-bond donors (Lipinski definition) is 1. The molecule has 1 atom stereocenters. The number of thioether (sulfide) groups is 1. The highest BCUT2D eigenvalue weighted by Crippen LogP contribution is 2.20. The van der Waals surface area contributed by atoms with Gasteiger partial charge in [-0.2, -0.15) is 0 Å². The third-order valence-corrected chi connectivity index (χ3v) is 4.47. The third-order valence-electron chi connectivity index (χ3n) is 3.46. The first-order valence-corrected chi connectivity index (χ1v) is 8.03. The summed E-state index contributed by atoms with van der Waals surface area (Å²) in [7, 11) is 1.63. The van der Waals surface area contributed by atoms with E-state index in [9.17, 15) is 9.59 Å². The Bertz CT molecular complexity index is 504. The van der Waals surface area contributed by atoms with E-state index >= 15 is 0 Å². The number of nitrogens with zero attached hydrogens (tertiary/aromatic N) is 1. The molecule has 0 bridgehead atoms. The number of amides is 2. The van der Waals surface area contributed by atoms with Crippen LogP contribution >= 0.6 is 11.8 Å². The summed E-state index contributed by atoms with van der Waals surface area (Å²) in [6, 6.07) is 7.45. The highest BCUT2D eigenvalue weighted by Gasteiger charge is 2.32. The summed E-state index contributed by atoms with van der Waals surface area (Å²) in [4.78, 5) is 25.2. The summed E-state index contributed by atoms with van der Waals surface area (Å²) < 4.78 is 5.10. The average molecular weight is 308 g/mol. The van der Waals surface area contributed by atoms with Crippen molar-refractivity contribution in [2.24, 2.45) is 0 Å². The third kappa shape index (κ3) is 4.14. The Kier molecular flexibility index (Phi) is 5.50. The smallest absolute Gasteiger partial charge is 0.243 e. The molecule has 21 heavy (non-hydrogen) atoms. The average Bonchev–Trinajstić information content (AvgIpc) is 2.97. The molecule has 0 aliphatic carbocycles. The molecule has 2 amide bonds. The Morgan fingerprint density at radius 3 is 2.71 bits per heavy atom. The second kappa shape index (κ2) is 7.36. The van der Waals surface area contributed by atoms with Gasteiger partial charge in [0.2, 0.25) is 11.8 Å². The SMILES string of the molecule is COc1ccc(CCNC(=O)[C@H]2CSCN2C(C)=O)cc1. The Balaban J connectivity index is 1.79. The van der Waals surface area contributed by atoms with Crippen LogP contribution in [0.5, 0.6) is 5.75 Å². The fourth-order valence-corrected chi connectivity index (χ4v) is 3.43. The maximum atomic E-state index is 12.1. The number of nitrogens with one attached hydrogen (secondary N) is 1. The zero-order valence-corrected chi connectivity index (χ0v) is 13.1. The molecule has 1 saturated heterocycles. The molecule has 1 aliphatic rings. The molecule has 0 unspecified atom stereocenters. The molecule has 1 aliphatic heterocycles. The van der Waals surface area contributed by atoms with Crippen molar-refractivity contribution in [3.63, 3.8) is 0 Å². The summed E-state index contributed by atoms with van der Waals surface area (Å²) in [6.45, 7) is 2.07. The lowest BCUT2D eigenvalue weighted by atomic mass is 10.1. The van der Waals surface area contributed by atoms with Crippen LogP contribution in [0.2, 0.25) is 0 Å². The lowest BCUT2D eigenvalue weighted by molar-refractivity contribution is -0.136. The Morgan fingerprint density at radius 2 is 2.10 bits per heavy atom. The highest BCUT2D eigenvalue weighted by atomic mass is 32.2. The standard InChI is InChI=1S/C15H20N2O3S/c1-11(18)17-10-21-9-14(17)15(19)16-8-7-12-3-5-13(20-2)6-4-12/h3-6,14H,7-10H2,1-2H3,(H,16,19)/t14-/m1/s1. The molecule has 1 aromatic carbocycles. The summed E-state index contributed by atoms with van der Waals surface area (Å²) in [5.74, 6) is 1.99. The molecule has 6 heteroatoms. The lowest BCUT2D eigenvalue weighted by Crippen LogP contribution is -2.46. The first-order valence-electron chi connectivity index (χ1n) is 6.87. The molecule has 0 radical (unpaired) electrons. The Morgan fingerprint density at radius 1 is 1.38 bits per heavy atom. The van der Waals surface area contributed by atoms with Crippen molar-refractivity contribution in [1.82, 2.24) is 10.2 Å². The summed E-state index contributed by atoms with van der Waals surface area (Å²) in [6.07, 6.45) is 0.760. The van der Waals surface area contributed by atoms with E-state index in [4.69, 9.17) is 4.74 Å². The van der Waals surface area contributed by atoms with Crippen LogP contribution in [0.1, 0.15) is 12.5 Å². The van der Waals surface area contributed by atoms with Crippen LogP contribution < -0.4 is 10.1 Å². The fourth-order valence-electron chi connectivity index (χ4n) is 2.21. The molecule has 0 saturated carbocycles. The minimum absolute atomic E-state index is 0.0460. The van der Waals surface area contributed by atoms with Crippen molar-refractivity contribution in [2.75, 3.05) is 25.3 Å². The van der Waals surface area contributed by atoms with Crippen LogP contribution in [0, 0.1) is 0 Å². The Labute approximate surface area is 129 Å². The second-order valence-electron chi connectivity index (χ2n) is 4.89. The van der Waals surface area contributed by atoms with Crippen molar-refractivity contribution in [3.05, 3.63) is 29.8 Å². The van der Waals surface area contributed by atoms with E-state index in [0.29, 0.717) is 18.2 Å². The number of benzene rings is 1. The summed E-state index contributed by atoms with van der Waals surface area (Å²) in [5, 5.41) is 2.91. The van der Waals surface area contributed by atoms with E-state index in [2.05, 4.69) is 5.32 Å². The van der Waals surface area contributed by atoms with Gasteiger partial charge in [-0.1, -0.05) is 12.1 Å². The van der Waals surface area contributed by atoms with Crippen LogP contribution in [-0.4, -0.2) is 48.0 Å². The van der Waals surface area contributed by atoms with E-state index in [-0.39, 0.29) is 17.9 Å². The minimum Gasteiger partial charge on any atom is -0.497 e. The van der Waals surface area contributed by atoms with Gasteiger partial charge >= 0.3 is 0 Å². The first kappa shape index (κ1) is 15.7. The highest BCUT2D eigenvalue weighted by molar-refractivity contribution is 7.99. The van der Waals surface area contributed by atoms with Crippen LogP contribution in [0.3, 0.4) is 0 Å². The van der Waals surface area contributed by atoms with E-state index in [1.54, 1.807) is 23.8 Å². The molecule has 0 spiro atoms. The van der Waals surface area contributed by atoms with Crippen molar-refractivity contribution in [3.8, 4) is 5.75 Å². The molecule has 1 N–H and O–H groups in total. The quantitative estimate of drug-likeness (QED) is 0.890. The zero-order valence-electron chi connectivity index (χ0n) is 12.3. The van der Waals surface area contributed by atoms with Crippen molar-refractivity contribution in [1.29, 1.82) is 0 Å². The number of hydrogen-bond acceptors (Lipinski definition) is 4. The van der Waals surface area contributed by atoms with Crippen molar-refractivity contribution >= 4 is 23.6 Å². The van der Waals surface area contributed by atoms with Gasteiger partial charge in [0.25, 0.3) is 0 Å². The normalized spacial score (nSPS) is 17.6. The number of carbonyl (C=O) groups excluding carboxylic acids is 2. The fraction of sp³-hybridized carbons (Fsp3) is 0.467. The van der Waals surface area contributed by atoms with Crippen LogP contribution in [0.25, 0.3) is 0 Å². The van der Waals surface area contributed by atoms with Gasteiger partial charge in [0.15, 0.2) is 0 Å². The summed E-state index contributed by atoms with van der Waals surface area (Å²) >= 11 is 1.61. The Hall–Kier alpha value is -1.69. The van der Waals surface area contributed by atoms with E-state index in [1.807, 2.05) is 24.3 Å². The van der Waals surface area contributed by atoms with Gasteiger partial charge in [-0.05, 0) is 24.1 Å². The van der Waals surface area contributed by atoms with Gasteiger partial charge in [-0.25, -0.2) is 0 Å². The summed E-state index contributed by atoms with van der Waals surface area (Å²) in [5.41, 5.74) is 1.14. The second-order valence-corrected chi connectivity index (χ2v) is 5.89. The molecular formula is C15H20N2O3S. The number of rotatable bonds is 5. The topological polar surface area (TPSA) is 58.6 Å². The number of carbonyl (C=O) groups is 2. The maximum Gasteiger partial charge on any atom is 0.243 e. The molecule has 1 fully saturated rings. The number of methoxy groups -OCH3 is 1. The molecule has 5 nitrogen and oxygen atoms in total. The molecular weight excluding hydrogens is 288 g/mol. The van der Waals surface area contributed by atoms with Gasteiger partial charge in [0.05, 0.1) is 13.0 Å². The van der Waals surface area contributed by atoms with E-state index < -0.39 is 0 Å². The maximum absolute atomic E-state index is 12.1. The number of ether oxygens (including phenoxy) is 1. The van der Waals surface area contributed by atoms with Gasteiger partial charge in [0.1, 0.15) is 11.8 Å². The molecule has 114 valence electrons. The van der Waals surface area contributed by atoms with Crippen molar-refractivity contribution in [2.45, 2.75) is 19.4 Å².